The molecule has 0 aromatic heterocycles. The maximum Gasteiger partial charge on any atom is 0.0610 e. The fourth-order valence-electron chi connectivity index (χ4n) is 1.65. The van der Waals surface area contributed by atoms with E-state index >= 15 is 0 Å². The number of nitrogens with one attached hydrogen (secondary N) is 1. The van der Waals surface area contributed by atoms with Crippen molar-refractivity contribution in [2.75, 3.05) is 12.4 Å². The summed E-state index contributed by atoms with van der Waals surface area (Å²) in [6.07, 6.45) is 2.73. The molecule has 1 fully saturated rings. The highest BCUT2D eigenvalue weighted by Crippen LogP contribution is 2.25. The van der Waals surface area contributed by atoms with Crippen LogP contribution < -0.4 is 5.32 Å². The zero-order valence-electron chi connectivity index (χ0n) is 7.86. The molecule has 1 aliphatic carbocycles. The maximum absolute atomic E-state index is 5.21. The van der Waals surface area contributed by atoms with Crippen molar-refractivity contribution in [3.63, 3.8) is 0 Å². The van der Waals surface area contributed by atoms with Crippen LogP contribution in [-0.4, -0.2) is 19.3 Å². The Morgan fingerprint density at radius 1 is 1.23 bits per heavy atom. The van der Waals surface area contributed by atoms with Crippen molar-refractivity contribution < 1.29 is 4.74 Å². The van der Waals surface area contributed by atoms with Crippen LogP contribution >= 0.6 is 0 Å². The van der Waals surface area contributed by atoms with E-state index in [2.05, 4.69) is 29.6 Å². The lowest BCUT2D eigenvalue weighted by Crippen LogP contribution is -2.40. The maximum atomic E-state index is 5.21. The monoisotopic (exact) mass is 177 g/mol. The molecule has 13 heavy (non-hydrogen) atoms. The second-order valence-corrected chi connectivity index (χ2v) is 3.54. The quantitative estimate of drug-likeness (QED) is 0.764. The van der Waals surface area contributed by atoms with Crippen LogP contribution in [-0.2, 0) is 4.74 Å². The standard InChI is InChI=1S/C11H15NO/c1-13-11-7-10(8-11)12-9-5-3-2-4-6-9/h2-6,10-12H,7-8H2,1H3. The van der Waals surface area contributed by atoms with E-state index in [1.54, 1.807) is 7.11 Å². The third kappa shape index (κ3) is 2.01. The summed E-state index contributed by atoms with van der Waals surface area (Å²) in [6, 6.07) is 10.9. The minimum atomic E-state index is 0.473. The molecule has 2 rings (SSSR count). The largest absolute Gasteiger partial charge is 0.382 e. The summed E-state index contributed by atoms with van der Waals surface area (Å²) in [7, 11) is 1.78. The van der Waals surface area contributed by atoms with Crippen molar-refractivity contribution in [3.05, 3.63) is 30.3 Å². The molecule has 2 nitrogen and oxygen atoms in total. The number of hydrogen-bond donors (Lipinski definition) is 1. The summed E-state index contributed by atoms with van der Waals surface area (Å²) in [5.41, 5.74) is 1.21. The van der Waals surface area contributed by atoms with Crippen LogP contribution in [0.5, 0.6) is 0 Å². The highest BCUT2D eigenvalue weighted by atomic mass is 16.5. The summed E-state index contributed by atoms with van der Waals surface area (Å²) < 4.78 is 5.21. The predicted octanol–water partition coefficient (Wildman–Crippen LogP) is 2.28. The third-order valence-corrected chi connectivity index (χ3v) is 2.57. The Balaban J connectivity index is 1.81. The van der Waals surface area contributed by atoms with Crippen molar-refractivity contribution in [2.45, 2.75) is 25.0 Å². The van der Waals surface area contributed by atoms with Gasteiger partial charge in [0.1, 0.15) is 0 Å². The van der Waals surface area contributed by atoms with Crippen LogP contribution in [0.25, 0.3) is 0 Å². The molecule has 1 aromatic carbocycles. The number of rotatable bonds is 3. The van der Waals surface area contributed by atoms with E-state index in [4.69, 9.17) is 4.74 Å². The van der Waals surface area contributed by atoms with Crippen molar-refractivity contribution >= 4 is 5.69 Å². The lowest BCUT2D eigenvalue weighted by Gasteiger charge is -2.35. The average molecular weight is 177 g/mol. The number of para-hydroxylation sites is 1. The normalized spacial score (nSPS) is 26.5. The Kier molecular flexibility index (Phi) is 2.50. The zero-order chi connectivity index (χ0) is 9.10. The fraction of sp³-hybridized carbons (Fsp3) is 0.455. The van der Waals surface area contributed by atoms with Gasteiger partial charge < -0.3 is 10.1 Å². The first-order valence-electron chi connectivity index (χ1n) is 4.73. The summed E-state index contributed by atoms with van der Waals surface area (Å²) in [6.45, 7) is 0. The Morgan fingerprint density at radius 3 is 2.54 bits per heavy atom. The SMILES string of the molecule is COC1CC(Nc2ccccc2)C1. The van der Waals surface area contributed by atoms with E-state index in [1.807, 2.05) is 6.07 Å². The molecule has 0 atom stereocenters. The van der Waals surface area contributed by atoms with Crippen molar-refractivity contribution in [2.24, 2.45) is 0 Å². The van der Waals surface area contributed by atoms with Crippen LogP contribution in [0.15, 0.2) is 30.3 Å². The van der Waals surface area contributed by atoms with Crippen LogP contribution in [0.1, 0.15) is 12.8 Å². The second-order valence-electron chi connectivity index (χ2n) is 3.54. The molecule has 0 saturated heterocycles. The van der Waals surface area contributed by atoms with Crippen LogP contribution in [0, 0.1) is 0 Å². The molecule has 1 saturated carbocycles. The van der Waals surface area contributed by atoms with Gasteiger partial charge in [0.25, 0.3) is 0 Å². The van der Waals surface area contributed by atoms with E-state index in [0.717, 1.165) is 12.8 Å². The summed E-state index contributed by atoms with van der Waals surface area (Å²) in [5.74, 6) is 0. The molecule has 1 aliphatic rings. The number of ether oxygens (including phenoxy) is 1. The van der Waals surface area contributed by atoms with Gasteiger partial charge in [0.15, 0.2) is 0 Å². The number of hydrogen-bond acceptors (Lipinski definition) is 2. The van der Waals surface area contributed by atoms with Crippen LogP contribution in [0.2, 0.25) is 0 Å². The van der Waals surface area contributed by atoms with Crippen LogP contribution in [0.4, 0.5) is 5.69 Å². The third-order valence-electron chi connectivity index (χ3n) is 2.57. The molecule has 0 radical (unpaired) electrons. The molecular weight excluding hydrogens is 162 g/mol. The van der Waals surface area contributed by atoms with Gasteiger partial charge in [0, 0.05) is 18.8 Å². The first-order valence-corrected chi connectivity index (χ1v) is 4.73. The molecule has 70 valence electrons. The molecule has 1 aromatic rings. The predicted molar refractivity (Wildman–Crippen MR) is 53.9 cm³/mol. The average Bonchev–Trinajstić information content (AvgIpc) is 2.12. The van der Waals surface area contributed by atoms with Gasteiger partial charge in [0.05, 0.1) is 6.10 Å². The first-order chi connectivity index (χ1) is 6.38. The highest BCUT2D eigenvalue weighted by molar-refractivity contribution is 5.43. The Bertz CT molecular complexity index is 254. The molecule has 2 heteroatoms. The van der Waals surface area contributed by atoms with Crippen molar-refractivity contribution in [1.82, 2.24) is 0 Å². The zero-order valence-corrected chi connectivity index (χ0v) is 7.86. The molecule has 0 spiro atoms. The fourth-order valence-corrected chi connectivity index (χ4v) is 1.65. The van der Waals surface area contributed by atoms with Crippen LogP contribution in [0.3, 0.4) is 0 Å². The molecule has 0 aliphatic heterocycles. The lowest BCUT2D eigenvalue weighted by molar-refractivity contribution is 0.0329. The van der Waals surface area contributed by atoms with E-state index in [-0.39, 0.29) is 0 Å². The van der Waals surface area contributed by atoms with E-state index < -0.39 is 0 Å². The number of anilines is 1. The minimum absolute atomic E-state index is 0.473. The van der Waals surface area contributed by atoms with Gasteiger partial charge >= 0.3 is 0 Å². The second kappa shape index (κ2) is 3.79. The minimum Gasteiger partial charge on any atom is -0.382 e. The number of benzene rings is 1. The lowest BCUT2D eigenvalue weighted by atomic mass is 9.89. The summed E-state index contributed by atoms with van der Waals surface area (Å²) in [5, 5.41) is 3.46. The van der Waals surface area contributed by atoms with Gasteiger partial charge in [-0.2, -0.15) is 0 Å². The van der Waals surface area contributed by atoms with E-state index in [9.17, 15) is 0 Å². The van der Waals surface area contributed by atoms with Crippen molar-refractivity contribution in [1.29, 1.82) is 0 Å². The van der Waals surface area contributed by atoms with Gasteiger partial charge in [-0.3, -0.25) is 0 Å². The Labute approximate surface area is 78.9 Å². The topological polar surface area (TPSA) is 21.3 Å². The molecular formula is C11H15NO. The van der Waals surface area contributed by atoms with Gasteiger partial charge in [-0.15, -0.1) is 0 Å². The van der Waals surface area contributed by atoms with Gasteiger partial charge in [-0.25, -0.2) is 0 Å². The van der Waals surface area contributed by atoms with Crippen molar-refractivity contribution in [3.8, 4) is 0 Å². The molecule has 1 N–H and O–H groups in total. The van der Waals surface area contributed by atoms with Gasteiger partial charge in [-0.1, -0.05) is 18.2 Å². The Morgan fingerprint density at radius 2 is 1.92 bits per heavy atom. The van der Waals surface area contributed by atoms with Gasteiger partial charge in [0.2, 0.25) is 0 Å². The summed E-state index contributed by atoms with van der Waals surface area (Å²) in [4.78, 5) is 0. The van der Waals surface area contributed by atoms with Gasteiger partial charge in [-0.05, 0) is 25.0 Å². The molecule has 0 unspecified atom stereocenters. The smallest absolute Gasteiger partial charge is 0.0610 e. The summed E-state index contributed by atoms with van der Waals surface area (Å²) >= 11 is 0. The highest BCUT2D eigenvalue weighted by Gasteiger charge is 2.28. The molecule has 0 amide bonds. The van der Waals surface area contributed by atoms with E-state index in [0.29, 0.717) is 12.1 Å². The Hall–Kier alpha value is -1.02. The molecule has 0 heterocycles. The van der Waals surface area contributed by atoms with E-state index in [1.165, 1.54) is 5.69 Å². The first kappa shape index (κ1) is 8.57. The molecule has 0 bridgehead atoms. The number of methoxy groups -OCH3 is 1.